The number of hydrogen-bond donors (Lipinski definition) is 0. The molecule has 4 aromatic rings. The number of carbonyl (C=O) groups is 1. The normalized spacial score (nSPS) is 12.0. The summed E-state index contributed by atoms with van der Waals surface area (Å²) in [5, 5.41) is 0.727. The molecular weight excluding hydrogens is 428 g/mol. The molecule has 2 aromatic heterocycles. The molecule has 2 aromatic carbocycles. The molecule has 0 bridgehead atoms. The van der Waals surface area contributed by atoms with E-state index in [-0.39, 0.29) is 11.5 Å². The Kier molecular flexibility index (Phi) is 5.70. The maximum atomic E-state index is 12.9. The number of rotatable bonds is 6. The van der Waals surface area contributed by atoms with Gasteiger partial charge in [0, 0.05) is 31.7 Å². The van der Waals surface area contributed by atoms with E-state index in [1.807, 2.05) is 42.7 Å². The van der Waals surface area contributed by atoms with Crippen molar-refractivity contribution >= 4 is 37.9 Å². The fourth-order valence-corrected chi connectivity index (χ4v) is 4.60. The van der Waals surface area contributed by atoms with Crippen molar-refractivity contribution in [2.45, 2.75) is 31.9 Å². The molecule has 0 spiro atoms. The van der Waals surface area contributed by atoms with Crippen LogP contribution in [-0.2, 0) is 27.9 Å². The molecule has 0 unspecified atom stereocenters. The van der Waals surface area contributed by atoms with Gasteiger partial charge in [-0.15, -0.1) is 0 Å². The highest BCUT2D eigenvalue weighted by Crippen LogP contribution is 2.24. The van der Waals surface area contributed by atoms with Crippen LogP contribution in [0.3, 0.4) is 0 Å². The van der Waals surface area contributed by atoms with E-state index in [9.17, 15) is 13.2 Å². The Morgan fingerprint density at radius 2 is 1.81 bits per heavy atom. The van der Waals surface area contributed by atoms with Gasteiger partial charge in [0.25, 0.3) is 0 Å². The van der Waals surface area contributed by atoms with Crippen molar-refractivity contribution < 1.29 is 17.9 Å². The molecule has 0 radical (unpaired) electrons. The molecule has 0 N–H and O–H groups in total. The highest BCUT2D eigenvalue weighted by molar-refractivity contribution is 7.89. The first-order valence-electron chi connectivity index (χ1n) is 10.2. The third-order valence-corrected chi connectivity index (χ3v) is 7.10. The second-order valence-electron chi connectivity index (χ2n) is 7.61. The summed E-state index contributed by atoms with van der Waals surface area (Å²) >= 11 is 0. The third kappa shape index (κ3) is 3.85. The van der Waals surface area contributed by atoms with Crippen molar-refractivity contribution in [1.82, 2.24) is 18.8 Å². The molecule has 32 heavy (non-hydrogen) atoms. The van der Waals surface area contributed by atoms with Gasteiger partial charge in [-0.05, 0) is 44.2 Å². The van der Waals surface area contributed by atoms with Crippen LogP contribution in [0.25, 0.3) is 21.9 Å². The second kappa shape index (κ2) is 8.33. The van der Waals surface area contributed by atoms with E-state index < -0.39 is 16.0 Å². The van der Waals surface area contributed by atoms with Gasteiger partial charge >= 0.3 is 5.97 Å². The van der Waals surface area contributed by atoms with E-state index in [1.54, 1.807) is 24.3 Å². The number of benzene rings is 2. The standard InChI is InChI=1S/C23H24N4O4S/c1-5-27-21-11-10-16(32(29,30)26(3)4)13-20(21)25-22(27)14-31-23(28)18-12-15(2)24-19-9-7-6-8-17(18)19/h6-13H,5,14H2,1-4H3. The lowest BCUT2D eigenvalue weighted by Gasteiger charge is -2.11. The predicted octanol–water partition coefficient (Wildman–Crippen LogP) is 3.52. The summed E-state index contributed by atoms with van der Waals surface area (Å²) in [5.74, 6) is 0.0858. The number of para-hydroxylation sites is 1. The molecule has 0 saturated heterocycles. The topological polar surface area (TPSA) is 94.4 Å². The van der Waals surface area contributed by atoms with Crippen LogP contribution in [0.1, 0.15) is 28.8 Å². The van der Waals surface area contributed by atoms with E-state index in [4.69, 9.17) is 4.74 Å². The van der Waals surface area contributed by atoms with Crippen molar-refractivity contribution in [2.24, 2.45) is 0 Å². The maximum Gasteiger partial charge on any atom is 0.339 e. The average molecular weight is 453 g/mol. The smallest absolute Gasteiger partial charge is 0.339 e. The fraction of sp³-hybridized carbons (Fsp3) is 0.261. The lowest BCUT2D eigenvalue weighted by atomic mass is 10.1. The highest BCUT2D eigenvalue weighted by Gasteiger charge is 2.20. The van der Waals surface area contributed by atoms with Gasteiger partial charge in [-0.25, -0.2) is 22.5 Å². The van der Waals surface area contributed by atoms with Gasteiger partial charge in [0.15, 0.2) is 0 Å². The largest absolute Gasteiger partial charge is 0.454 e. The average Bonchev–Trinajstić information content (AvgIpc) is 3.13. The lowest BCUT2D eigenvalue weighted by Crippen LogP contribution is -2.22. The number of esters is 1. The summed E-state index contributed by atoms with van der Waals surface area (Å²) in [6, 6.07) is 14.0. The van der Waals surface area contributed by atoms with Gasteiger partial charge in [-0.1, -0.05) is 18.2 Å². The SMILES string of the molecule is CCn1c(COC(=O)c2cc(C)nc3ccccc23)nc2cc(S(=O)(=O)N(C)C)ccc21. The second-order valence-corrected chi connectivity index (χ2v) is 9.77. The summed E-state index contributed by atoms with van der Waals surface area (Å²) in [6.07, 6.45) is 0. The molecule has 0 saturated carbocycles. The number of sulfonamides is 1. The van der Waals surface area contributed by atoms with Gasteiger partial charge in [0.2, 0.25) is 10.0 Å². The molecule has 0 fully saturated rings. The Morgan fingerprint density at radius 1 is 1.06 bits per heavy atom. The van der Waals surface area contributed by atoms with E-state index >= 15 is 0 Å². The van der Waals surface area contributed by atoms with Crippen LogP contribution in [0, 0.1) is 6.92 Å². The van der Waals surface area contributed by atoms with Crippen molar-refractivity contribution in [3.8, 4) is 0 Å². The Labute approximate surface area is 186 Å². The number of carbonyl (C=O) groups excluding carboxylic acids is 1. The Bertz CT molecular complexity index is 1440. The first-order chi connectivity index (χ1) is 15.2. The van der Waals surface area contributed by atoms with Crippen LogP contribution in [-0.4, -0.2) is 47.3 Å². The molecular formula is C23H24N4O4S. The van der Waals surface area contributed by atoms with Crippen molar-refractivity contribution in [2.75, 3.05) is 14.1 Å². The molecule has 9 heteroatoms. The molecule has 0 atom stereocenters. The number of nitrogens with zero attached hydrogens (tertiary/aromatic N) is 4. The molecule has 4 rings (SSSR count). The zero-order valence-corrected chi connectivity index (χ0v) is 19.2. The molecule has 166 valence electrons. The van der Waals surface area contributed by atoms with Crippen LogP contribution in [0.2, 0.25) is 0 Å². The summed E-state index contributed by atoms with van der Waals surface area (Å²) in [7, 11) is -0.601. The molecule has 8 nitrogen and oxygen atoms in total. The van der Waals surface area contributed by atoms with Crippen LogP contribution in [0.4, 0.5) is 0 Å². The van der Waals surface area contributed by atoms with Crippen molar-refractivity contribution in [1.29, 1.82) is 0 Å². The molecule has 0 aliphatic rings. The number of aromatic nitrogens is 3. The number of ether oxygens (including phenoxy) is 1. The van der Waals surface area contributed by atoms with Gasteiger partial charge in [0.05, 0.1) is 27.0 Å². The minimum Gasteiger partial charge on any atom is -0.454 e. The third-order valence-electron chi connectivity index (χ3n) is 5.29. The Balaban J connectivity index is 1.66. The fourth-order valence-electron chi connectivity index (χ4n) is 3.68. The van der Waals surface area contributed by atoms with E-state index in [2.05, 4.69) is 9.97 Å². The number of aryl methyl sites for hydroxylation is 2. The number of imidazole rings is 1. The predicted molar refractivity (Wildman–Crippen MR) is 122 cm³/mol. The number of fused-ring (bicyclic) bond motifs is 2. The quantitative estimate of drug-likeness (QED) is 0.416. The zero-order valence-electron chi connectivity index (χ0n) is 18.4. The van der Waals surface area contributed by atoms with Gasteiger partial charge in [-0.2, -0.15) is 0 Å². The minimum absolute atomic E-state index is 0.0349. The summed E-state index contributed by atoms with van der Waals surface area (Å²) in [4.78, 5) is 22.1. The van der Waals surface area contributed by atoms with Crippen LogP contribution in [0.15, 0.2) is 53.4 Å². The van der Waals surface area contributed by atoms with E-state index in [1.165, 1.54) is 14.1 Å². The van der Waals surface area contributed by atoms with Gasteiger partial charge < -0.3 is 9.30 Å². The summed E-state index contributed by atoms with van der Waals surface area (Å²) in [6.45, 7) is 4.35. The number of hydrogen-bond acceptors (Lipinski definition) is 6. The summed E-state index contributed by atoms with van der Waals surface area (Å²) < 4.78 is 33.6. The van der Waals surface area contributed by atoms with E-state index in [0.717, 1.165) is 26.4 Å². The van der Waals surface area contributed by atoms with Crippen molar-refractivity contribution in [3.63, 3.8) is 0 Å². The Hall–Kier alpha value is -3.30. The first kappa shape index (κ1) is 21.9. The molecule has 0 amide bonds. The zero-order chi connectivity index (χ0) is 23.0. The number of pyridine rings is 1. The van der Waals surface area contributed by atoms with Crippen LogP contribution >= 0.6 is 0 Å². The van der Waals surface area contributed by atoms with Gasteiger partial charge in [-0.3, -0.25) is 4.98 Å². The molecule has 0 aliphatic carbocycles. The molecule has 2 heterocycles. The van der Waals surface area contributed by atoms with Crippen LogP contribution < -0.4 is 0 Å². The van der Waals surface area contributed by atoms with Crippen molar-refractivity contribution in [3.05, 3.63) is 65.6 Å². The first-order valence-corrected chi connectivity index (χ1v) is 11.6. The minimum atomic E-state index is -3.57. The van der Waals surface area contributed by atoms with Gasteiger partial charge in [0.1, 0.15) is 12.4 Å². The highest BCUT2D eigenvalue weighted by atomic mass is 32.2. The van der Waals surface area contributed by atoms with Crippen LogP contribution in [0.5, 0.6) is 0 Å². The maximum absolute atomic E-state index is 12.9. The summed E-state index contributed by atoms with van der Waals surface area (Å²) in [5.41, 5.74) is 3.22. The Morgan fingerprint density at radius 3 is 2.53 bits per heavy atom. The molecule has 0 aliphatic heterocycles. The monoisotopic (exact) mass is 452 g/mol. The lowest BCUT2D eigenvalue weighted by molar-refractivity contribution is 0.0461. The van der Waals surface area contributed by atoms with E-state index in [0.29, 0.717) is 23.4 Å².